The number of thiazole rings is 1. The maximum absolute atomic E-state index is 13.3. The number of likely N-dealkylation sites (N-methyl/N-ethyl adjacent to an activating group) is 1. The topological polar surface area (TPSA) is 45.7 Å². The zero-order chi connectivity index (χ0) is 19.6. The van der Waals surface area contributed by atoms with E-state index >= 15 is 0 Å². The Bertz CT molecular complexity index is 981. The summed E-state index contributed by atoms with van der Waals surface area (Å²) in [5.41, 5.74) is 1.34. The van der Waals surface area contributed by atoms with Gasteiger partial charge in [0.15, 0.2) is 5.13 Å². The zero-order valence-electron chi connectivity index (χ0n) is 15.6. The number of anilines is 1. The molecule has 0 saturated heterocycles. The standard InChI is InChI=1S/C19H19ClIN3O2S.ClH/c1-23(2)10-11-24(18(25)12-6-4-5-7-14(12)21)19-22-16-15(26-3)9-8-13(20)17(16)27-19;/h4-9H,10-11H2,1-3H3;1H. The monoisotopic (exact) mass is 551 g/mol. The molecule has 0 N–H and O–H groups in total. The number of ether oxygens (including phenoxy) is 1. The molecule has 0 aliphatic heterocycles. The van der Waals surface area contributed by atoms with E-state index in [0.717, 1.165) is 14.8 Å². The molecule has 1 aromatic heterocycles. The molecule has 3 rings (SSSR count). The SMILES string of the molecule is COc1ccc(Cl)c2sc(N(CCN(C)C)C(=O)c3ccccc3I)nc12.Cl. The van der Waals surface area contributed by atoms with Gasteiger partial charge in [0.05, 0.1) is 22.4 Å². The third-order valence-corrected chi connectivity index (χ3v) is 6.50. The Morgan fingerprint density at radius 1 is 1.21 bits per heavy atom. The van der Waals surface area contributed by atoms with Gasteiger partial charge in [-0.2, -0.15) is 0 Å². The van der Waals surface area contributed by atoms with E-state index in [1.807, 2.05) is 43.3 Å². The highest BCUT2D eigenvalue weighted by Gasteiger charge is 2.24. The number of hydrogen-bond donors (Lipinski definition) is 0. The van der Waals surface area contributed by atoms with Gasteiger partial charge in [0, 0.05) is 16.7 Å². The molecule has 0 atom stereocenters. The minimum atomic E-state index is -0.0732. The molecule has 0 saturated carbocycles. The van der Waals surface area contributed by atoms with Gasteiger partial charge in [-0.3, -0.25) is 9.69 Å². The van der Waals surface area contributed by atoms with E-state index in [-0.39, 0.29) is 18.3 Å². The number of halogens is 3. The second-order valence-electron chi connectivity index (χ2n) is 6.16. The number of amides is 1. The summed E-state index contributed by atoms with van der Waals surface area (Å²) >= 11 is 9.94. The van der Waals surface area contributed by atoms with Crippen molar-refractivity contribution in [3.8, 4) is 5.75 Å². The minimum absolute atomic E-state index is 0. The van der Waals surface area contributed by atoms with E-state index in [1.165, 1.54) is 11.3 Å². The number of rotatable bonds is 6. The van der Waals surface area contributed by atoms with Gasteiger partial charge < -0.3 is 9.64 Å². The normalized spacial score (nSPS) is 10.8. The van der Waals surface area contributed by atoms with Gasteiger partial charge >= 0.3 is 0 Å². The van der Waals surface area contributed by atoms with Crippen molar-refractivity contribution < 1.29 is 9.53 Å². The number of fused-ring (bicyclic) bond motifs is 1. The van der Waals surface area contributed by atoms with Gasteiger partial charge in [-0.05, 0) is 61.0 Å². The Labute approximate surface area is 193 Å². The summed E-state index contributed by atoms with van der Waals surface area (Å²) in [6.07, 6.45) is 0. The molecule has 5 nitrogen and oxygen atoms in total. The fourth-order valence-corrected chi connectivity index (χ4v) is 4.48. The van der Waals surface area contributed by atoms with Crippen LogP contribution in [0.25, 0.3) is 10.2 Å². The van der Waals surface area contributed by atoms with Crippen molar-refractivity contribution in [2.24, 2.45) is 0 Å². The smallest absolute Gasteiger partial charge is 0.261 e. The fraction of sp³-hybridized carbons (Fsp3) is 0.263. The van der Waals surface area contributed by atoms with Crippen LogP contribution in [0.3, 0.4) is 0 Å². The van der Waals surface area contributed by atoms with Gasteiger partial charge in [0.25, 0.3) is 5.91 Å². The van der Waals surface area contributed by atoms with Crippen LogP contribution in [0.1, 0.15) is 10.4 Å². The van der Waals surface area contributed by atoms with E-state index in [4.69, 9.17) is 21.3 Å². The number of benzene rings is 2. The molecule has 28 heavy (non-hydrogen) atoms. The summed E-state index contributed by atoms with van der Waals surface area (Å²) in [5.74, 6) is 0.571. The van der Waals surface area contributed by atoms with Crippen molar-refractivity contribution >= 4 is 79.2 Å². The van der Waals surface area contributed by atoms with Gasteiger partial charge in [0.2, 0.25) is 0 Å². The molecular weight excluding hydrogens is 532 g/mol. The molecule has 1 amide bonds. The maximum Gasteiger partial charge on any atom is 0.261 e. The molecule has 0 radical (unpaired) electrons. The number of methoxy groups -OCH3 is 1. The number of carbonyl (C=O) groups is 1. The van der Waals surface area contributed by atoms with Gasteiger partial charge in [-0.15, -0.1) is 12.4 Å². The van der Waals surface area contributed by atoms with Gasteiger partial charge in [-0.1, -0.05) is 35.1 Å². The molecule has 2 aromatic carbocycles. The van der Waals surface area contributed by atoms with Crippen LogP contribution in [0, 0.1) is 3.57 Å². The summed E-state index contributed by atoms with van der Waals surface area (Å²) in [4.78, 5) is 21.8. The molecule has 0 aliphatic carbocycles. The number of carbonyl (C=O) groups excluding carboxylic acids is 1. The predicted molar refractivity (Wildman–Crippen MR) is 128 cm³/mol. The molecule has 0 bridgehead atoms. The summed E-state index contributed by atoms with van der Waals surface area (Å²) in [6.45, 7) is 1.24. The number of hydrogen-bond acceptors (Lipinski definition) is 5. The first-order valence-electron chi connectivity index (χ1n) is 8.26. The predicted octanol–water partition coefficient (Wildman–Crippen LogP) is 5.19. The fourth-order valence-electron chi connectivity index (χ4n) is 2.59. The van der Waals surface area contributed by atoms with Crippen molar-refractivity contribution in [2.45, 2.75) is 0 Å². The first-order valence-corrected chi connectivity index (χ1v) is 10.5. The summed E-state index contributed by atoms with van der Waals surface area (Å²) in [7, 11) is 5.56. The van der Waals surface area contributed by atoms with E-state index in [9.17, 15) is 4.79 Å². The van der Waals surface area contributed by atoms with Crippen LogP contribution in [-0.2, 0) is 0 Å². The van der Waals surface area contributed by atoms with Crippen LogP contribution >= 0.6 is 57.9 Å². The highest BCUT2D eigenvalue weighted by molar-refractivity contribution is 14.1. The lowest BCUT2D eigenvalue weighted by molar-refractivity contribution is 0.0984. The van der Waals surface area contributed by atoms with Crippen molar-refractivity contribution in [3.05, 3.63) is 50.6 Å². The molecule has 3 aromatic rings. The lowest BCUT2D eigenvalue weighted by Gasteiger charge is -2.22. The van der Waals surface area contributed by atoms with E-state index < -0.39 is 0 Å². The van der Waals surface area contributed by atoms with Crippen molar-refractivity contribution in [2.75, 3.05) is 39.2 Å². The lowest BCUT2D eigenvalue weighted by Crippen LogP contribution is -2.37. The molecule has 0 fully saturated rings. The lowest BCUT2D eigenvalue weighted by atomic mass is 10.2. The average Bonchev–Trinajstić information content (AvgIpc) is 3.08. The van der Waals surface area contributed by atoms with Crippen molar-refractivity contribution in [1.82, 2.24) is 9.88 Å². The Hall–Kier alpha value is -1.13. The van der Waals surface area contributed by atoms with Crippen LogP contribution in [0.4, 0.5) is 5.13 Å². The largest absolute Gasteiger partial charge is 0.494 e. The summed E-state index contributed by atoms with van der Waals surface area (Å²) in [6, 6.07) is 11.1. The Morgan fingerprint density at radius 2 is 1.93 bits per heavy atom. The Kier molecular flexibility index (Phi) is 8.32. The minimum Gasteiger partial charge on any atom is -0.494 e. The second-order valence-corrected chi connectivity index (χ2v) is 8.71. The van der Waals surface area contributed by atoms with Gasteiger partial charge in [-0.25, -0.2) is 4.98 Å². The van der Waals surface area contributed by atoms with Crippen LogP contribution in [-0.4, -0.2) is 50.1 Å². The maximum atomic E-state index is 13.3. The van der Waals surface area contributed by atoms with E-state index in [1.54, 1.807) is 24.1 Å². The van der Waals surface area contributed by atoms with Crippen molar-refractivity contribution in [3.63, 3.8) is 0 Å². The van der Waals surface area contributed by atoms with Crippen LogP contribution in [0.5, 0.6) is 5.75 Å². The third-order valence-electron chi connectivity index (χ3n) is 4.02. The molecule has 1 heterocycles. The highest BCUT2D eigenvalue weighted by atomic mass is 127. The summed E-state index contributed by atoms with van der Waals surface area (Å²) in [5, 5.41) is 1.21. The van der Waals surface area contributed by atoms with Gasteiger partial charge in [0.1, 0.15) is 11.3 Å². The zero-order valence-corrected chi connectivity index (χ0v) is 20.2. The van der Waals surface area contributed by atoms with Crippen molar-refractivity contribution in [1.29, 1.82) is 0 Å². The number of aromatic nitrogens is 1. The molecule has 0 spiro atoms. The molecule has 9 heteroatoms. The molecule has 150 valence electrons. The first kappa shape index (κ1) is 23.2. The van der Waals surface area contributed by atoms with Crippen LogP contribution in [0.2, 0.25) is 5.02 Å². The Balaban J connectivity index is 0.00000280. The molecular formula is C19H20Cl2IN3O2S. The quantitative estimate of drug-likeness (QED) is 0.395. The van der Waals surface area contributed by atoms with E-state index in [0.29, 0.717) is 33.5 Å². The molecule has 0 aliphatic rings. The second kappa shape index (κ2) is 10.1. The number of nitrogens with zero attached hydrogens (tertiary/aromatic N) is 3. The van der Waals surface area contributed by atoms with E-state index in [2.05, 4.69) is 22.6 Å². The summed E-state index contributed by atoms with van der Waals surface area (Å²) < 4.78 is 7.14. The van der Waals surface area contributed by atoms with Crippen LogP contribution < -0.4 is 9.64 Å². The molecule has 0 unspecified atom stereocenters. The Morgan fingerprint density at radius 3 is 2.57 bits per heavy atom. The third kappa shape index (κ3) is 4.88. The highest BCUT2D eigenvalue weighted by Crippen LogP contribution is 2.39. The first-order chi connectivity index (χ1) is 12.9. The van der Waals surface area contributed by atoms with Crippen LogP contribution in [0.15, 0.2) is 36.4 Å². The average molecular weight is 552 g/mol.